The van der Waals surface area contributed by atoms with Crippen LogP contribution in [0.4, 0.5) is 17.5 Å². The van der Waals surface area contributed by atoms with E-state index in [0.717, 1.165) is 41.0 Å². The van der Waals surface area contributed by atoms with Gasteiger partial charge in [0.2, 0.25) is 5.95 Å². The third-order valence-corrected chi connectivity index (χ3v) is 7.19. The minimum Gasteiger partial charge on any atom is -0.494 e. The molecule has 3 aliphatic rings. The van der Waals surface area contributed by atoms with Crippen molar-refractivity contribution in [2.75, 3.05) is 31.0 Å². The second-order valence-corrected chi connectivity index (χ2v) is 9.48. The molecule has 8 heteroatoms. The maximum atomic E-state index is 5.95. The number of ether oxygens (including phenoxy) is 2. The molecule has 1 aliphatic heterocycles. The molecule has 3 heterocycles. The van der Waals surface area contributed by atoms with Gasteiger partial charge in [0.05, 0.1) is 37.1 Å². The van der Waals surface area contributed by atoms with Crippen LogP contribution in [-0.4, -0.2) is 46.3 Å². The van der Waals surface area contributed by atoms with Crippen LogP contribution >= 0.6 is 0 Å². The zero-order chi connectivity index (χ0) is 22.4. The predicted octanol–water partition coefficient (Wildman–Crippen LogP) is 4.68. The topological polar surface area (TPSA) is 77.3 Å². The van der Waals surface area contributed by atoms with Crippen LogP contribution in [-0.2, 0) is 0 Å². The number of methoxy groups -OCH3 is 1. The summed E-state index contributed by atoms with van der Waals surface area (Å²) in [5.74, 6) is 4.33. The lowest BCUT2D eigenvalue weighted by Crippen LogP contribution is -2.41. The van der Waals surface area contributed by atoms with Crippen LogP contribution in [0, 0.1) is 5.92 Å². The smallest absolute Gasteiger partial charge is 0.229 e. The van der Waals surface area contributed by atoms with Crippen molar-refractivity contribution in [3.8, 4) is 17.2 Å². The molecule has 2 aliphatic carbocycles. The first kappa shape index (κ1) is 20.3. The number of fused-ring (bicyclic) bond motifs is 1. The second kappa shape index (κ2) is 8.24. The van der Waals surface area contributed by atoms with Crippen molar-refractivity contribution in [2.45, 2.75) is 50.5 Å². The van der Waals surface area contributed by atoms with Crippen LogP contribution in [0.2, 0.25) is 0 Å². The summed E-state index contributed by atoms with van der Waals surface area (Å²) in [6.07, 6.45) is 13.4. The Morgan fingerprint density at radius 3 is 2.82 bits per heavy atom. The van der Waals surface area contributed by atoms with E-state index in [-0.39, 0.29) is 0 Å². The number of benzene rings is 1. The number of imidazole rings is 1. The van der Waals surface area contributed by atoms with Gasteiger partial charge in [0.1, 0.15) is 12.4 Å². The molecule has 0 unspecified atom stereocenters. The molecule has 0 amide bonds. The van der Waals surface area contributed by atoms with E-state index in [4.69, 9.17) is 14.5 Å². The van der Waals surface area contributed by atoms with Gasteiger partial charge < -0.3 is 24.3 Å². The van der Waals surface area contributed by atoms with Crippen LogP contribution in [0.5, 0.6) is 11.5 Å². The monoisotopic (exact) mass is 446 g/mol. The Morgan fingerprint density at radius 1 is 1.18 bits per heavy atom. The number of aromatic nitrogens is 4. The maximum absolute atomic E-state index is 5.95. The van der Waals surface area contributed by atoms with Crippen molar-refractivity contribution < 1.29 is 9.47 Å². The van der Waals surface area contributed by atoms with Crippen molar-refractivity contribution in [3.05, 3.63) is 42.6 Å². The standard InChI is InChI=1S/C25H30N6O2/c1-30-19(10-16-6-7-16)14-33-23-12-26-25(29-24(23)30)28-18-8-9-21(22(11-18)32-2)31-13-20(27-15-31)17-4-3-5-17/h8-9,11-13,15-17,19H,3-7,10,14H2,1-2H3,(H,26,28,29)/t19-/m0/s1. The molecule has 2 saturated carbocycles. The van der Waals surface area contributed by atoms with Gasteiger partial charge in [-0.15, -0.1) is 0 Å². The van der Waals surface area contributed by atoms with Gasteiger partial charge in [-0.2, -0.15) is 4.98 Å². The zero-order valence-corrected chi connectivity index (χ0v) is 19.2. The van der Waals surface area contributed by atoms with Crippen LogP contribution in [0.25, 0.3) is 5.69 Å². The second-order valence-electron chi connectivity index (χ2n) is 9.48. The summed E-state index contributed by atoms with van der Waals surface area (Å²) in [7, 11) is 3.79. The average molecular weight is 447 g/mol. The highest BCUT2D eigenvalue weighted by atomic mass is 16.5. The number of rotatable bonds is 7. The minimum absolute atomic E-state index is 0.368. The van der Waals surface area contributed by atoms with Crippen LogP contribution in [0.1, 0.15) is 50.1 Å². The van der Waals surface area contributed by atoms with Crippen molar-refractivity contribution in [2.24, 2.45) is 5.92 Å². The fraction of sp³-hybridized carbons (Fsp3) is 0.480. The molecule has 1 atom stereocenters. The van der Waals surface area contributed by atoms with E-state index >= 15 is 0 Å². The van der Waals surface area contributed by atoms with Gasteiger partial charge in [-0.25, -0.2) is 9.97 Å². The first-order valence-corrected chi connectivity index (χ1v) is 11.9. The van der Waals surface area contributed by atoms with E-state index in [2.05, 4.69) is 33.4 Å². The largest absolute Gasteiger partial charge is 0.494 e. The molecule has 33 heavy (non-hydrogen) atoms. The molecular formula is C25H30N6O2. The lowest BCUT2D eigenvalue weighted by molar-refractivity contribution is 0.252. The Hall–Kier alpha value is -3.29. The fourth-order valence-corrected chi connectivity index (χ4v) is 4.69. The molecule has 172 valence electrons. The van der Waals surface area contributed by atoms with Gasteiger partial charge in [0.25, 0.3) is 0 Å². The van der Waals surface area contributed by atoms with Gasteiger partial charge in [-0.3, -0.25) is 0 Å². The number of anilines is 3. The molecule has 3 aromatic rings. The highest BCUT2D eigenvalue weighted by Crippen LogP contribution is 2.39. The Kier molecular flexibility index (Phi) is 5.08. The summed E-state index contributed by atoms with van der Waals surface area (Å²) in [6, 6.07) is 6.39. The molecular weight excluding hydrogens is 416 g/mol. The SMILES string of the molecule is COc1cc(Nc2ncc3c(n2)N(C)[C@@H](CC2CC2)CO3)ccc1-n1cnc(C2CCC2)c1. The lowest BCUT2D eigenvalue weighted by Gasteiger charge is -2.34. The lowest BCUT2D eigenvalue weighted by atomic mass is 9.83. The zero-order valence-electron chi connectivity index (χ0n) is 19.2. The van der Waals surface area contributed by atoms with E-state index in [9.17, 15) is 0 Å². The number of hydrogen-bond acceptors (Lipinski definition) is 7. The van der Waals surface area contributed by atoms with E-state index in [1.54, 1.807) is 13.3 Å². The molecule has 0 radical (unpaired) electrons. The molecule has 0 spiro atoms. The molecule has 6 rings (SSSR count). The van der Waals surface area contributed by atoms with Crippen molar-refractivity contribution in [1.29, 1.82) is 0 Å². The van der Waals surface area contributed by atoms with E-state index in [0.29, 0.717) is 24.5 Å². The molecule has 1 N–H and O–H groups in total. The maximum Gasteiger partial charge on any atom is 0.229 e. The molecule has 0 bridgehead atoms. The van der Waals surface area contributed by atoms with Crippen LogP contribution < -0.4 is 19.7 Å². The van der Waals surface area contributed by atoms with E-state index in [1.165, 1.54) is 37.8 Å². The van der Waals surface area contributed by atoms with Gasteiger partial charge in [0.15, 0.2) is 11.6 Å². The van der Waals surface area contributed by atoms with E-state index < -0.39 is 0 Å². The van der Waals surface area contributed by atoms with Gasteiger partial charge in [0, 0.05) is 30.9 Å². The normalized spacial score (nSPS) is 20.1. The van der Waals surface area contributed by atoms with E-state index in [1.807, 2.05) is 29.1 Å². The summed E-state index contributed by atoms with van der Waals surface area (Å²) < 4.78 is 13.7. The minimum atomic E-state index is 0.368. The molecule has 0 saturated heterocycles. The Bertz CT molecular complexity index is 1150. The summed E-state index contributed by atoms with van der Waals surface area (Å²) in [6.45, 7) is 0.700. The highest BCUT2D eigenvalue weighted by molar-refractivity contribution is 5.64. The summed E-state index contributed by atoms with van der Waals surface area (Å²) >= 11 is 0. The van der Waals surface area contributed by atoms with Crippen LogP contribution in [0.15, 0.2) is 36.9 Å². The molecule has 1 aromatic carbocycles. The van der Waals surface area contributed by atoms with Crippen LogP contribution in [0.3, 0.4) is 0 Å². The number of likely N-dealkylation sites (N-methyl/N-ethyl adjacent to an activating group) is 1. The Balaban J connectivity index is 1.21. The summed E-state index contributed by atoms with van der Waals surface area (Å²) in [5.41, 5.74) is 2.99. The number of hydrogen-bond donors (Lipinski definition) is 1. The highest BCUT2D eigenvalue weighted by Gasteiger charge is 2.32. The number of nitrogens with one attached hydrogen (secondary N) is 1. The Morgan fingerprint density at radius 2 is 2.06 bits per heavy atom. The first-order chi connectivity index (χ1) is 16.2. The van der Waals surface area contributed by atoms with Crippen molar-refractivity contribution in [3.63, 3.8) is 0 Å². The first-order valence-electron chi connectivity index (χ1n) is 11.9. The van der Waals surface area contributed by atoms with Gasteiger partial charge in [-0.1, -0.05) is 19.3 Å². The Labute approximate surface area is 194 Å². The van der Waals surface area contributed by atoms with Crippen molar-refractivity contribution >= 4 is 17.5 Å². The van der Waals surface area contributed by atoms with Gasteiger partial charge in [-0.05, 0) is 37.3 Å². The third kappa shape index (κ3) is 3.98. The number of nitrogens with zero attached hydrogens (tertiary/aromatic N) is 5. The quantitative estimate of drug-likeness (QED) is 0.565. The van der Waals surface area contributed by atoms with Crippen molar-refractivity contribution in [1.82, 2.24) is 19.5 Å². The third-order valence-electron chi connectivity index (χ3n) is 7.19. The summed E-state index contributed by atoms with van der Waals surface area (Å²) in [5, 5.41) is 3.33. The predicted molar refractivity (Wildman–Crippen MR) is 127 cm³/mol. The fourth-order valence-electron chi connectivity index (χ4n) is 4.69. The molecule has 2 fully saturated rings. The summed E-state index contributed by atoms with van der Waals surface area (Å²) in [4.78, 5) is 16.1. The average Bonchev–Trinajstić information content (AvgIpc) is 3.49. The molecule has 8 nitrogen and oxygen atoms in total. The molecule has 2 aromatic heterocycles. The van der Waals surface area contributed by atoms with Gasteiger partial charge >= 0.3 is 0 Å².